The van der Waals surface area contributed by atoms with Crippen LogP contribution >= 0.6 is 15.9 Å². The van der Waals surface area contributed by atoms with Gasteiger partial charge in [-0.1, -0.05) is 21.1 Å². The summed E-state index contributed by atoms with van der Waals surface area (Å²) in [6, 6.07) is 3.56. The van der Waals surface area contributed by atoms with E-state index in [4.69, 9.17) is 11.5 Å². The third kappa shape index (κ3) is 11.6. The second kappa shape index (κ2) is 14.9. The SMILES string of the molecule is CNC.N/C(=C\C=C(/N)NC(=O)Cc1cc(Br)ccn1)CCCCn1cc(C=O)nn1. The van der Waals surface area contributed by atoms with Crippen molar-refractivity contribution in [3.63, 3.8) is 0 Å². The Bertz CT molecular complexity index is 895. The molecule has 0 unspecified atom stereocenters. The number of unbranched alkanes of at least 4 members (excludes halogenated alkanes) is 1. The summed E-state index contributed by atoms with van der Waals surface area (Å²) in [4.78, 5) is 26.6. The lowest BCUT2D eigenvalue weighted by Crippen LogP contribution is -2.28. The molecule has 10 nitrogen and oxygen atoms in total. The molecule has 0 saturated carbocycles. The van der Waals surface area contributed by atoms with Gasteiger partial charge in [0.1, 0.15) is 11.5 Å². The normalized spacial score (nSPS) is 11.5. The van der Waals surface area contributed by atoms with E-state index in [1.54, 1.807) is 41.4 Å². The maximum absolute atomic E-state index is 12.0. The molecule has 6 N–H and O–H groups in total. The van der Waals surface area contributed by atoms with Crippen LogP contribution in [0.25, 0.3) is 0 Å². The lowest BCUT2D eigenvalue weighted by molar-refractivity contribution is -0.119. The summed E-state index contributed by atoms with van der Waals surface area (Å²) in [5, 5.41) is 12.9. The van der Waals surface area contributed by atoms with E-state index in [2.05, 4.69) is 41.9 Å². The Morgan fingerprint density at radius 3 is 2.65 bits per heavy atom. The molecule has 0 aliphatic rings. The molecule has 0 bridgehead atoms. The molecule has 2 aromatic heterocycles. The molecular formula is C20H29BrN8O2. The van der Waals surface area contributed by atoms with E-state index < -0.39 is 0 Å². The molecule has 2 rings (SSSR count). The van der Waals surface area contributed by atoms with Crippen LogP contribution in [0, 0.1) is 0 Å². The second-order valence-electron chi connectivity index (χ2n) is 6.54. The van der Waals surface area contributed by atoms with Gasteiger partial charge < -0.3 is 22.1 Å². The number of allylic oxidation sites excluding steroid dienone is 3. The lowest BCUT2D eigenvalue weighted by Gasteiger charge is -2.05. The minimum atomic E-state index is -0.256. The monoisotopic (exact) mass is 492 g/mol. The number of rotatable bonds is 10. The molecule has 0 saturated heterocycles. The number of aromatic nitrogens is 4. The number of hydrogen-bond acceptors (Lipinski definition) is 8. The third-order valence-corrected chi connectivity index (χ3v) is 4.15. The van der Waals surface area contributed by atoms with Crippen LogP contribution in [0.5, 0.6) is 0 Å². The van der Waals surface area contributed by atoms with Crippen molar-refractivity contribution < 1.29 is 9.59 Å². The van der Waals surface area contributed by atoms with Crippen molar-refractivity contribution in [3.8, 4) is 0 Å². The van der Waals surface area contributed by atoms with E-state index in [-0.39, 0.29) is 18.1 Å². The molecule has 31 heavy (non-hydrogen) atoms. The fraction of sp³-hybridized carbons (Fsp3) is 0.350. The van der Waals surface area contributed by atoms with Gasteiger partial charge in [-0.15, -0.1) is 5.10 Å². The first-order valence-electron chi connectivity index (χ1n) is 9.63. The number of hydrogen-bond donors (Lipinski definition) is 4. The molecule has 11 heteroatoms. The van der Waals surface area contributed by atoms with Gasteiger partial charge in [-0.25, -0.2) is 0 Å². The molecule has 0 aliphatic heterocycles. The summed E-state index contributed by atoms with van der Waals surface area (Å²) in [5.74, 6) is -0.0409. The molecular weight excluding hydrogens is 464 g/mol. The van der Waals surface area contributed by atoms with Crippen molar-refractivity contribution in [2.24, 2.45) is 11.5 Å². The van der Waals surface area contributed by atoms with Gasteiger partial charge in [0.15, 0.2) is 6.29 Å². The third-order valence-electron chi connectivity index (χ3n) is 3.66. The van der Waals surface area contributed by atoms with Crippen molar-refractivity contribution in [1.82, 2.24) is 30.6 Å². The summed E-state index contributed by atoms with van der Waals surface area (Å²) < 4.78 is 2.48. The quantitative estimate of drug-likeness (QED) is 0.219. The maximum Gasteiger partial charge on any atom is 0.231 e. The molecule has 0 radical (unpaired) electrons. The van der Waals surface area contributed by atoms with Crippen LogP contribution in [-0.4, -0.2) is 46.3 Å². The van der Waals surface area contributed by atoms with Gasteiger partial charge >= 0.3 is 0 Å². The van der Waals surface area contributed by atoms with Crippen LogP contribution in [0.2, 0.25) is 0 Å². The molecule has 1 amide bonds. The Morgan fingerprint density at radius 1 is 1.26 bits per heavy atom. The Morgan fingerprint density at radius 2 is 2.00 bits per heavy atom. The minimum absolute atomic E-state index is 0.126. The lowest BCUT2D eigenvalue weighted by atomic mass is 10.2. The number of nitrogens with one attached hydrogen (secondary N) is 2. The summed E-state index contributed by atoms with van der Waals surface area (Å²) in [6.07, 6.45) is 9.61. The zero-order valence-electron chi connectivity index (χ0n) is 17.7. The van der Waals surface area contributed by atoms with Gasteiger partial charge in [-0.05, 0) is 57.6 Å². The number of nitrogens with zero attached hydrogens (tertiary/aromatic N) is 4. The number of nitrogens with two attached hydrogens (primary N) is 2. The number of halogens is 1. The number of pyridine rings is 1. The minimum Gasteiger partial charge on any atom is -0.402 e. The molecule has 0 fully saturated rings. The Labute approximate surface area is 190 Å². The molecule has 0 spiro atoms. The van der Waals surface area contributed by atoms with E-state index in [0.717, 1.165) is 17.3 Å². The molecule has 0 aliphatic carbocycles. The first-order chi connectivity index (χ1) is 14.9. The average Bonchev–Trinajstić information content (AvgIpc) is 3.18. The number of carbonyl (C=O) groups is 2. The van der Waals surface area contributed by atoms with E-state index in [9.17, 15) is 9.59 Å². The maximum atomic E-state index is 12.0. The van der Waals surface area contributed by atoms with E-state index in [1.165, 1.54) is 0 Å². The summed E-state index contributed by atoms with van der Waals surface area (Å²) >= 11 is 3.34. The van der Waals surface area contributed by atoms with Gasteiger partial charge in [-0.3, -0.25) is 19.3 Å². The Kier molecular flexibility index (Phi) is 12.5. The molecule has 2 heterocycles. The molecule has 0 atom stereocenters. The van der Waals surface area contributed by atoms with E-state index >= 15 is 0 Å². The van der Waals surface area contributed by atoms with Crippen LogP contribution in [0.3, 0.4) is 0 Å². The van der Waals surface area contributed by atoms with Crippen LogP contribution < -0.4 is 22.1 Å². The molecule has 0 aromatic carbocycles. The fourth-order valence-electron chi connectivity index (χ4n) is 2.32. The number of aldehydes is 1. The fourth-order valence-corrected chi connectivity index (χ4v) is 2.70. The van der Waals surface area contributed by atoms with E-state index in [1.807, 2.05) is 14.1 Å². The predicted molar refractivity (Wildman–Crippen MR) is 123 cm³/mol. The highest BCUT2D eigenvalue weighted by Crippen LogP contribution is 2.09. The smallest absolute Gasteiger partial charge is 0.231 e. The molecule has 168 valence electrons. The van der Waals surface area contributed by atoms with Gasteiger partial charge in [0.05, 0.1) is 18.3 Å². The Hall–Kier alpha value is -3.05. The highest BCUT2D eigenvalue weighted by atomic mass is 79.9. The van der Waals surface area contributed by atoms with Gasteiger partial charge in [-0.2, -0.15) is 0 Å². The summed E-state index contributed by atoms with van der Waals surface area (Å²) in [5.41, 5.74) is 13.4. The summed E-state index contributed by atoms with van der Waals surface area (Å²) in [7, 11) is 3.75. The van der Waals surface area contributed by atoms with Gasteiger partial charge in [0, 0.05) is 22.9 Å². The predicted octanol–water partition coefficient (Wildman–Crippen LogP) is 1.26. The first-order valence-corrected chi connectivity index (χ1v) is 10.4. The largest absolute Gasteiger partial charge is 0.402 e. The highest BCUT2D eigenvalue weighted by Gasteiger charge is 2.05. The van der Waals surface area contributed by atoms with Gasteiger partial charge in [0.25, 0.3) is 0 Å². The van der Waals surface area contributed by atoms with Gasteiger partial charge in [0.2, 0.25) is 5.91 Å². The van der Waals surface area contributed by atoms with Crippen molar-refractivity contribution in [2.45, 2.75) is 32.2 Å². The summed E-state index contributed by atoms with van der Waals surface area (Å²) in [6.45, 7) is 0.659. The molecule has 2 aromatic rings. The zero-order chi connectivity index (χ0) is 23.1. The number of carbonyl (C=O) groups excluding carboxylic acids is 2. The zero-order valence-corrected chi connectivity index (χ0v) is 19.3. The highest BCUT2D eigenvalue weighted by molar-refractivity contribution is 9.10. The van der Waals surface area contributed by atoms with Crippen LogP contribution in [0.1, 0.15) is 35.4 Å². The standard InChI is InChI=1S/C18H22BrN7O2.C2H7N/c19-13-6-7-22-15(9-13)10-18(28)23-17(21)5-4-14(20)3-1-2-8-26-11-16(12-27)24-25-26;1-3-2/h4-7,9,11-12H,1-3,8,10,20-21H2,(H,23,28);3H,1-2H3/b14-4-,17-5+;. The first kappa shape index (κ1) is 26.0. The average molecular weight is 493 g/mol. The topological polar surface area (TPSA) is 154 Å². The number of aryl methyl sites for hydroxylation is 1. The second-order valence-corrected chi connectivity index (χ2v) is 7.45. The van der Waals surface area contributed by atoms with Crippen molar-refractivity contribution in [3.05, 3.63) is 64.1 Å². The van der Waals surface area contributed by atoms with E-state index in [0.29, 0.717) is 36.3 Å². The number of amides is 1. The van der Waals surface area contributed by atoms with Crippen molar-refractivity contribution in [1.29, 1.82) is 0 Å². The Balaban J connectivity index is 0.00000151. The van der Waals surface area contributed by atoms with Crippen LogP contribution in [-0.2, 0) is 17.8 Å². The van der Waals surface area contributed by atoms with Crippen LogP contribution in [0.15, 0.2) is 52.7 Å². The van der Waals surface area contributed by atoms with Crippen molar-refractivity contribution in [2.75, 3.05) is 14.1 Å². The van der Waals surface area contributed by atoms with Crippen molar-refractivity contribution >= 4 is 28.1 Å². The van der Waals surface area contributed by atoms with Crippen LogP contribution in [0.4, 0.5) is 0 Å².